The van der Waals surface area contributed by atoms with Gasteiger partial charge in [-0.2, -0.15) is 4.68 Å². The van der Waals surface area contributed by atoms with Crippen LogP contribution in [-0.4, -0.2) is 46.2 Å². The lowest BCUT2D eigenvalue weighted by molar-refractivity contribution is 0.0954. The van der Waals surface area contributed by atoms with Crippen molar-refractivity contribution >= 4 is 22.7 Å². The van der Waals surface area contributed by atoms with E-state index in [1.807, 2.05) is 17.7 Å². The molecule has 0 unspecified atom stereocenters. The van der Waals surface area contributed by atoms with E-state index in [0.29, 0.717) is 19.8 Å². The molecule has 7 heteroatoms. The number of aromatic nitrogens is 3. The van der Waals surface area contributed by atoms with Crippen molar-refractivity contribution in [1.82, 2.24) is 20.1 Å². The Balaban J connectivity index is 1.94. The molecule has 0 bridgehead atoms. The number of rotatable bonds is 7. The predicted octanol–water partition coefficient (Wildman–Crippen LogP) is 2.16. The van der Waals surface area contributed by atoms with E-state index in [9.17, 15) is 0 Å². The highest BCUT2D eigenvalue weighted by atomic mass is 16.5. The molecule has 3 rings (SSSR count). The number of nitrogens with one attached hydrogen (secondary N) is 2. The molecule has 0 fully saturated rings. The summed E-state index contributed by atoms with van der Waals surface area (Å²) >= 11 is 0. The number of allylic oxidation sites excluding steroid dienone is 2. The summed E-state index contributed by atoms with van der Waals surface area (Å²) in [7, 11) is 0. The van der Waals surface area contributed by atoms with Crippen LogP contribution in [0.5, 0.6) is 0 Å². The first-order valence-corrected chi connectivity index (χ1v) is 8.62. The number of hydrogen-bond acceptors (Lipinski definition) is 6. The van der Waals surface area contributed by atoms with Crippen LogP contribution in [0, 0.1) is 13.8 Å². The van der Waals surface area contributed by atoms with Crippen molar-refractivity contribution < 1.29 is 9.84 Å². The Kier molecular flexibility index (Phi) is 5.35. The van der Waals surface area contributed by atoms with Gasteiger partial charge in [-0.1, -0.05) is 13.0 Å². The van der Waals surface area contributed by atoms with E-state index in [1.54, 1.807) is 0 Å². The first-order chi connectivity index (χ1) is 12.1. The van der Waals surface area contributed by atoms with Gasteiger partial charge in [0, 0.05) is 24.0 Å². The number of fused-ring (bicyclic) bond motifs is 3. The van der Waals surface area contributed by atoms with Crippen molar-refractivity contribution in [2.45, 2.75) is 27.2 Å². The third-order valence-electron chi connectivity index (χ3n) is 3.96. The second-order valence-electron chi connectivity index (χ2n) is 6.02. The summed E-state index contributed by atoms with van der Waals surface area (Å²) in [6.45, 7) is 7.71. The minimum atomic E-state index is 0.0367. The number of hydrogen-bond donors (Lipinski definition) is 3. The van der Waals surface area contributed by atoms with Crippen LogP contribution in [0.25, 0.3) is 16.9 Å². The van der Waals surface area contributed by atoms with Crippen LogP contribution in [-0.2, 0) is 4.74 Å². The number of aliphatic hydroxyl groups is 1. The first kappa shape index (κ1) is 17.4. The van der Waals surface area contributed by atoms with E-state index in [-0.39, 0.29) is 6.61 Å². The third kappa shape index (κ3) is 3.67. The van der Waals surface area contributed by atoms with Gasteiger partial charge in [-0.15, -0.1) is 5.10 Å². The lowest BCUT2D eigenvalue weighted by Gasteiger charge is -2.21. The topological polar surface area (TPSA) is 84.2 Å². The smallest absolute Gasteiger partial charge is 0.184 e. The third-order valence-corrected chi connectivity index (χ3v) is 3.96. The monoisotopic (exact) mass is 343 g/mol. The number of pyridine rings is 1. The fourth-order valence-electron chi connectivity index (χ4n) is 2.98. The van der Waals surface area contributed by atoms with Crippen molar-refractivity contribution in [1.29, 1.82) is 0 Å². The van der Waals surface area contributed by atoms with Crippen molar-refractivity contribution in [2.75, 3.05) is 31.7 Å². The molecule has 0 radical (unpaired) electrons. The molecule has 0 spiro atoms. The second kappa shape index (κ2) is 7.67. The van der Waals surface area contributed by atoms with Gasteiger partial charge in [0.15, 0.2) is 5.65 Å². The minimum absolute atomic E-state index is 0.0367. The average Bonchev–Trinajstić information content (AvgIpc) is 2.93. The van der Waals surface area contributed by atoms with Crippen LogP contribution in [0.1, 0.15) is 24.6 Å². The van der Waals surface area contributed by atoms with Gasteiger partial charge < -0.3 is 20.5 Å². The molecular weight excluding hydrogens is 318 g/mol. The molecule has 3 N–H and O–H groups in total. The molecule has 1 aliphatic heterocycles. The number of aryl methyl sites for hydroxylation is 2. The zero-order chi connectivity index (χ0) is 17.8. The number of aliphatic hydroxyl groups excluding tert-OH is 1. The summed E-state index contributed by atoms with van der Waals surface area (Å²) in [6, 6.07) is 2.07. The quantitative estimate of drug-likeness (QED) is 0.668. The molecule has 0 aromatic carbocycles. The van der Waals surface area contributed by atoms with Crippen molar-refractivity contribution in [3.8, 4) is 0 Å². The fourth-order valence-corrected chi connectivity index (χ4v) is 2.98. The fraction of sp³-hybridized carbons (Fsp3) is 0.444. The van der Waals surface area contributed by atoms with Crippen molar-refractivity contribution in [3.05, 3.63) is 35.2 Å². The van der Waals surface area contributed by atoms with Crippen molar-refractivity contribution in [3.63, 3.8) is 0 Å². The molecule has 0 saturated heterocycles. The Morgan fingerprint density at radius 3 is 2.96 bits per heavy atom. The van der Waals surface area contributed by atoms with Gasteiger partial charge in [0.25, 0.3) is 0 Å². The highest BCUT2D eigenvalue weighted by Crippen LogP contribution is 2.32. The van der Waals surface area contributed by atoms with E-state index >= 15 is 0 Å². The van der Waals surface area contributed by atoms with Crippen LogP contribution in [0.4, 0.5) is 5.82 Å². The van der Waals surface area contributed by atoms with E-state index in [1.165, 1.54) is 0 Å². The summed E-state index contributed by atoms with van der Waals surface area (Å²) in [4.78, 5) is 4.57. The molecule has 0 saturated carbocycles. The zero-order valence-electron chi connectivity index (χ0n) is 15.0. The molecule has 25 heavy (non-hydrogen) atoms. The Hall–Kier alpha value is -2.38. The highest BCUT2D eigenvalue weighted by Gasteiger charge is 2.21. The van der Waals surface area contributed by atoms with E-state index < -0.39 is 0 Å². The molecule has 2 aromatic rings. The second-order valence-corrected chi connectivity index (χ2v) is 6.02. The molecule has 7 nitrogen and oxygen atoms in total. The summed E-state index contributed by atoms with van der Waals surface area (Å²) in [6.07, 6.45) is 5.12. The largest absolute Gasteiger partial charge is 0.394 e. The summed E-state index contributed by atoms with van der Waals surface area (Å²) in [5.74, 6) is 1.82. The molecule has 0 aliphatic carbocycles. The number of ether oxygens (including phenoxy) is 1. The van der Waals surface area contributed by atoms with Gasteiger partial charge in [-0.3, -0.25) is 0 Å². The lowest BCUT2D eigenvalue weighted by Crippen LogP contribution is -2.26. The molecule has 1 aliphatic rings. The van der Waals surface area contributed by atoms with E-state index in [2.05, 4.69) is 46.7 Å². The maximum absolute atomic E-state index is 8.77. The van der Waals surface area contributed by atoms with Gasteiger partial charge in [0.05, 0.1) is 25.2 Å². The maximum atomic E-state index is 8.77. The van der Waals surface area contributed by atoms with Gasteiger partial charge in [0.2, 0.25) is 0 Å². The molecular formula is C18H25N5O2. The van der Waals surface area contributed by atoms with Crippen molar-refractivity contribution in [2.24, 2.45) is 0 Å². The molecule has 0 atom stereocenters. The number of nitrogens with zero attached hydrogens (tertiary/aromatic N) is 3. The SMILES string of the molecule is CCC=C1C=C(NCCOCCO)n2nc3nc(C)cc(C)c3c2N1. The summed E-state index contributed by atoms with van der Waals surface area (Å²) < 4.78 is 7.18. The molecule has 2 aromatic heterocycles. The highest BCUT2D eigenvalue weighted by molar-refractivity contribution is 5.94. The van der Waals surface area contributed by atoms with Gasteiger partial charge in [0.1, 0.15) is 11.6 Å². The van der Waals surface area contributed by atoms with Gasteiger partial charge in [-0.05, 0) is 31.9 Å². The van der Waals surface area contributed by atoms with E-state index in [0.717, 1.165) is 46.0 Å². The Bertz CT molecular complexity index is 822. The zero-order valence-corrected chi connectivity index (χ0v) is 15.0. The van der Waals surface area contributed by atoms with E-state index in [4.69, 9.17) is 9.84 Å². The minimum Gasteiger partial charge on any atom is -0.394 e. The van der Waals surface area contributed by atoms with Gasteiger partial charge >= 0.3 is 0 Å². The lowest BCUT2D eigenvalue weighted by atomic mass is 10.1. The van der Waals surface area contributed by atoms with Crippen LogP contribution in [0.3, 0.4) is 0 Å². The average molecular weight is 343 g/mol. The molecule has 134 valence electrons. The Morgan fingerprint density at radius 1 is 1.36 bits per heavy atom. The Labute approximate surface area is 147 Å². The van der Waals surface area contributed by atoms with Crippen LogP contribution in [0.15, 0.2) is 23.9 Å². The maximum Gasteiger partial charge on any atom is 0.184 e. The van der Waals surface area contributed by atoms with Crippen LogP contribution in [0.2, 0.25) is 0 Å². The standard InChI is InChI=1S/C18H25N5O2/c1-4-5-14-11-15(19-6-8-25-9-7-24)23-18(21-14)16-12(2)10-13(3)20-17(16)22-23/h5,10-11,19,21,24H,4,6-9H2,1-3H3. The molecule has 3 heterocycles. The molecule has 0 amide bonds. The van der Waals surface area contributed by atoms with Gasteiger partial charge in [-0.25, -0.2) is 4.98 Å². The predicted molar refractivity (Wildman–Crippen MR) is 99.2 cm³/mol. The first-order valence-electron chi connectivity index (χ1n) is 8.62. The normalized spacial score (nSPS) is 15.2. The van der Waals surface area contributed by atoms with Crippen LogP contribution < -0.4 is 10.6 Å². The number of anilines is 1. The summed E-state index contributed by atoms with van der Waals surface area (Å²) in [5, 5.41) is 21.3. The Morgan fingerprint density at radius 2 is 2.20 bits per heavy atom. The van der Waals surface area contributed by atoms with Crippen LogP contribution >= 0.6 is 0 Å². The summed E-state index contributed by atoms with van der Waals surface area (Å²) in [5.41, 5.74) is 3.89.